The van der Waals surface area contributed by atoms with Crippen molar-refractivity contribution in [1.82, 2.24) is 4.90 Å². The van der Waals surface area contributed by atoms with E-state index in [2.05, 4.69) is 0 Å². The van der Waals surface area contributed by atoms with Crippen LogP contribution in [-0.2, 0) is 20.7 Å². The maximum absolute atomic E-state index is 14.8. The smallest absolute Gasteiger partial charge is 0.295 e. The minimum atomic E-state index is -1.02. The Morgan fingerprint density at radius 1 is 1.24 bits per heavy atom. The third kappa shape index (κ3) is 4.50. The number of rotatable bonds is 7. The number of amides is 1. The minimum absolute atomic E-state index is 0.0226. The number of ketones is 1. The number of likely N-dealkylation sites (tertiary alicyclic amines) is 1. The van der Waals surface area contributed by atoms with E-state index in [0.29, 0.717) is 25.0 Å². The number of Topliss-reactive ketones (excluding diaryl/α,β-unsaturated/α-hetero) is 1. The Hall–Kier alpha value is -3.19. The molecule has 1 fully saturated rings. The van der Waals surface area contributed by atoms with Crippen LogP contribution in [0.3, 0.4) is 0 Å². The first-order chi connectivity index (χ1) is 15.8. The monoisotopic (exact) mass is 453 g/mol. The Morgan fingerprint density at radius 3 is 2.73 bits per heavy atom. The van der Waals surface area contributed by atoms with Gasteiger partial charge >= 0.3 is 0 Å². The van der Waals surface area contributed by atoms with Crippen molar-refractivity contribution in [1.29, 1.82) is 0 Å². The van der Waals surface area contributed by atoms with Crippen molar-refractivity contribution in [2.24, 2.45) is 0 Å². The standard InChI is InChI=1S/C26H28FNO5/c1-15(2)32-12-6-11-28-23(19-7-4-5-8-20(19)27)22(25(30)26(28)31)24(29)17-9-10-21-18(14-17)13-16(3)33-21/h4-5,7-10,14-16,23,29H,6,11-13H2,1-3H3/b24-22+. The maximum atomic E-state index is 14.8. The summed E-state index contributed by atoms with van der Waals surface area (Å²) in [7, 11) is 0. The molecule has 2 aromatic rings. The van der Waals surface area contributed by atoms with Crippen LogP contribution in [0.4, 0.5) is 4.39 Å². The highest BCUT2D eigenvalue weighted by atomic mass is 19.1. The summed E-state index contributed by atoms with van der Waals surface area (Å²) in [5.74, 6) is -1.71. The predicted molar refractivity (Wildman–Crippen MR) is 121 cm³/mol. The van der Waals surface area contributed by atoms with E-state index >= 15 is 0 Å². The highest BCUT2D eigenvalue weighted by Gasteiger charge is 2.46. The van der Waals surface area contributed by atoms with Gasteiger partial charge in [-0.1, -0.05) is 18.2 Å². The quantitative estimate of drug-likeness (QED) is 0.291. The lowest BCUT2D eigenvalue weighted by atomic mass is 9.94. The van der Waals surface area contributed by atoms with Gasteiger partial charge in [-0.3, -0.25) is 9.59 Å². The molecule has 0 radical (unpaired) electrons. The summed E-state index contributed by atoms with van der Waals surface area (Å²) < 4.78 is 26.1. The number of carbonyl (C=O) groups excluding carboxylic acids is 2. The number of carbonyl (C=O) groups is 2. The van der Waals surface area contributed by atoms with Crippen molar-refractivity contribution in [2.45, 2.75) is 51.9 Å². The van der Waals surface area contributed by atoms with Gasteiger partial charge in [0.25, 0.3) is 11.7 Å². The molecule has 0 spiro atoms. The van der Waals surface area contributed by atoms with Crippen LogP contribution < -0.4 is 4.74 Å². The zero-order chi connectivity index (χ0) is 23.7. The molecule has 2 heterocycles. The maximum Gasteiger partial charge on any atom is 0.295 e. The van der Waals surface area contributed by atoms with Gasteiger partial charge in [-0.2, -0.15) is 0 Å². The summed E-state index contributed by atoms with van der Waals surface area (Å²) in [6.45, 7) is 6.37. The van der Waals surface area contributed by atoms with Crippen molar-refractivity contribution in [3.63, 3.8) is 0 Å². The lowest BCUT2D eigenvalue weighted by Crippen LogP contribution is -2.31. The molecule has 7 heteroatoms. The van der Waals surface area contributed by atoms with Crippen LogP contribution in [-0.4, -0.2) is 47.1 Å². The van der Waals surface area contributed by atoms with Crippen molar-refractivity contribution in [3.05, 3.63) is 70.5 Å². The molecular weight excluding hydrogens is 425 g/mol. The highest BCUT2D eigenvalue weighted by molar-refractivity contribution is 6.46. The van der Waals surface area contributed by atoms with E-state index in [-0.39, 0.29) is 35.6 Å². The summed E-state index contributed by atoms with van der Waals surface area (Å²) in [6.07, 6.45) is 1.21. The molecule has 0 aliphatic carbocycles. The molecule has 4 rings (SSSR count). The first-order valence-corrected chi connectivity index (χ1v) is 11.2. The van der Waals surface area contributed by atoms with Gasteiger partial charge in [0.15, 0.2) is 0 Å². The molecule has 2 atom stereocenters. The van der Waals surface area contributed by atoms with Crippen molar-refractivity contribution < 1.29 is 28.6 Å². The zero-order valence-electron chi connectivity index (χ0n) is 19.0. The third-order valence-corrected chi connectivity index (χ3v) is 5.90. The van der Waals surface area contributed by atoms with Gasteiger partial charge in [-0.05, 0) is 57.0 Å². The van der Waals surface area contributed by atoms with Crippen LogP contribution in [0.15, 0.2) is 48.0 Å². The number of ether oxygens (including phenoxy) is 2. The predicted octanol–water partition coefficient (Wildman–Crippen LogP) is 4.39. The first kappa shape index (κ1) is 23.0. The van der Waals surface area contributed by atoms with Gasteiger partial charge in [0, 0.05) is 30.7 Å². The summed E-state index contributed by atoms with van der Waals surface area (Å²) in [6, 6.07) is 10.1. The summed E-state index contributed by atoms with van der Waals surface area (Å²) in [5.41, 5.74) is 1.37. The normalized spacial score (nSPS) is 21.5. The number of aliphatic hydroxyl groups excluding tert-OH is 1. The minimum Gasteiger partial charge on any atom is -0.507 e. The number of hydrogen-bond donors (Lipinski definition) is 1. The second-order valence-electron chi connectivity index (χ2n) is 8.74. The van der Waals surface area contributed by atoms with E-state index in [1.807, 2.05) is 20.8 Å². The Labute approximate surface area is 192 Å². The van der Waals surface area contributed by atoms with E-state index in [9.17, 15) is 19.1 Å². The molecule has 1 N–H and O–H groups in total. The van der Waals surface area contributed by atoms with Crippen LogP contribution in [0.25, 0.3) is 5.76 Å². The van der Waals surface area contributed by atoms with E-state index in [4.69, 9.17) is 9.47 Å². The van der Waals surface area contributed by atoms with E-state index in [1.54, 1.807) is 30.3 Å². The first-order valence-electron chi connectivity index (χ1n) is 11.2. The lowest BCUT2D eigenvalue weighted by Gasteiger charge is -2.25. The van der Waals surface area contributed by atoms with Crippen molar-refractivity contribution in [2.75, 3.05) is 13.2 Å². The Kier molecular flexibility index (Phi) is 6.51. The number of fused-ring (bicyclic) bond motifs is 1. The number of nitrogens with zero attached hydrogens (tertiary/aromatic N) is 1. The Morgan fingerprint density at radius 2 is 2.00 bits per heavy atom. The third-order valence-electron chi connectivity index (χ3n) is 5.90. The number of aliphatic hydroxyl groups is 1. The van der Waals surface area contributed by atoms with E-state index < -0.39 is 23.5 Å². The van der Waals surface area contributed by atoms with Gasteiger partial charge in [-0.15, -0.1) is 0 Å². The molecule has 2 unspecified atom stereocenters. The second kappa shape index (κ2) is 9.35. The Balaban J connectivity index is 1.75. The average Bonchev–Trinajstić information content (AvgIpc) is 3.27. The molecule has 2 aliphatic rings. The molecule has 2 aromatic carbocycles. The fraction of sp³-hybridized carbons (Fsp3) is 0.385. The molecule has 0 aromatic heterocycles. The van der Waals surface area contributed by atoms with Crippen molar-refractivity contribution in [3.8, 4) is 5.75 Å². The van der Waals surface area contributed by atoms with E-state index in [1.165, 1.54) is 17.0 Å². The van der Waals surface area contributed by atoms with Crippen LogP contribution in [0, 0.1) is 5.82 Å². The van der Waals surface area contributed by atoms with Gasteiger partial charge < -0.3 is 19.5 Å². The van der Waals surface area contributed by atoms with Crippen LogP contribution in [0.5, 0.6) is 5.75 Å². The molecule has 1 saturated heterocycles. The van der Waals surface area contributed by atoms with Crippen molar-refractivity contribution >= 4 is 17.4 Å². The van der Waals surface area contributed by atoms with Gasteiger partial charge in [0.2, 0.25) is 0 Å². The summed E-state index contributed by atoms with van der Waals surface area (Å²) in [4.78, 5) is 27.3. The van der Waals surface area contributed by atoms with Gasteiger partial charge in [0.05, 0.1) is 17.7 Å². The molecule has 1 amide bonds. The molecule has 0 saturated carbocycles. The SMILES string of the molecule is CC(C)OCCCN1C(=O)C(=O)/C(=C(/O)c2ccc3c(c2)CC(C)O3)C1c1ccccc1F. The molecular formula is C26H28FNO5. The second-order valence-corrected chi connectivity index (χ2v) is 8.74. The average molecular weight is 454 g/mol. The summed E-state index contributed by atoms with van der Waals surface area (Å²) in [5, 5.41) is 11.2. The molecule has 6 nitrogen and oxygen atoms in total. The lowest BCUT2D eigenvalue weighted by molar-refractivity contribution is -0.140. The number of halogens is 1. The fourth-order valence-electron chi connectivity index (χ4n) is 4.41. The number of hydrogen-bond acceptors (Lipinski definition) is 5. The fourth-order valence-corrected chi connectivity index (χ4v) is 4.41. The van der Waals surface area contributed by atoms with E-state index in [0.717, 1.165) is 11.3 Å². The largest absolute Gasteiger partial charge is 0.507 e. The summed E-state index contributed by atoms with van der Waals surface area (Å²) >= 11 is 0. The van der Waals surface area contributed by atoms with Gasteiger partial charge in [-0.25, -0.2) is 4.39 Å². The van der Waals surface area contributed by atoms with Crippen LogP contribution in [0.2, 0.25) is 0 Å². The topological polar surface area (TPSA) is 76.1 Å². The molecule has 174 valence electrons. The zero-order valence-corrected chi connectivity index (χ0v) is 19.0. The Bertz CT molecular complexity index is 1110. The van der Waals surface area contributed by atoms with Gasteiger partial charge in [0.1, 0.15) is 23.4 Å². The molecule has 2 aliphatic heterocycles. The van der Waals surface area contributed by atoms with Crippen LogP contribution >= 0.6 is 0 Å². The molecule has 33 heavy (non-hydrogen) atoms. The van der Waals surface area contributed by atoms with Crippen LogP contribution in [0.1, 0.15) is 49.9 Å². The molecule has 0 bridgehead atoms. The highest BCUT2D eigenvalue weighted by Crippen LogP contribution is 2.41. The number of benzene rings is 2.